The lowest BCUT2D eigenvalue weighted by Gasteiger charge is -2.36. The van der Waals surface area contributed by atoms with E-state index >= 15 is 0 Å². The van der Waals surface area contributed by atoms with E-state index in [4.69, 9.17) is 5.73 Å². The van der Waals surface area contributed by atoms with Crippen molar-refractivity contribution in [1.29, 1.82) is 0 Å². The average Bonchev–Trinajstić information content (AvgIpc) is 3.45. The highest BCUT2D eigenvalue weighted by molar-refractivity contribution is 6.37. The second-order valence-corrected chi connectivity index (χ2v) is 13.5. The number of benzene rings is 1. The number of carbonyl (C=O) groups excluding carboxylic acids is 6. The van der Waals surface area contributed by atoms with Gasteiger partial charge in [-0.1, -0.05) is 98.6 Å². The summed E-state index contributed by atoms with van der Waals surface area (Å²) < 4.78 is 31.4. The van der Waals surface area contributed by atoms with E-state index in [0.717, 1.165) is 5.56 Å². The zero-order chi connectivity index (χ0) is 38.7. The maximum atomic E-state index is 13.5. The Labute approximate surface area is 296 Å². The van der Waals surface area contributed by atoms with Crippen LogP contribution in [0, 0.1) is 17.3 Å². The van der Waals surface area contributed by atoms with Crippen LogP contribution in [0.25, 0.3) is 0 Å². The van der Waals surface area contributed by atoms with E-state index in [9.17, 15) is 37.5 Å². The molecule has 0 aromatic heterocycles. The number of nitrogens with two attached hydrogens (primary N) is 1. The van der Waals surface area contributed by atoms with Gasteiger partial charge in [0.05, 0.1) is 6.04 Å². The molecule has 0 spiro atoms. The van der Waals surface area contributed by atoms with Gasteiger partial charge in [0, 0.05) is 25.4 Å². The van der Waals surface area contributed by atoms with Gasteiger partial charge in [-0.15, -0.1) is 0 Å². The summed E-state index contributed by atoms with van der Waals surface area (Å²) in [6.45, 7) is 18.7. The lowest BCUT2D eigenvalue weighted by molar-refractivity contribution is -0.144. The fourth-order valence-electron chi connectivity index (χ4n) is 4.93. The number of hydrogen-bond donors (Lipinski definition) is 4. The first-order valence-corrected chi connectivity index (χ1v) is 17.3. The number of carbonyl (C=O) groups is 6. The highest BCUT2D eigenvalue weighted by atomic mass is 19.3. The standard InChI is InChI=1S/C22H35F2N5O5.C8H8O2.2C3H8/c1-6-26-20(34)28-16(21(3,4)5)19(33)29-8-7-11(2)14(29)18(32)27-13(15(30)17(25)31)9-12-10-22(12,23)24;9-7-10-6-8-4-2-1-3-5-8;2*1-3-2/h11-14,16H,6-10H2,1-5H3,(H2,25,31)(H,27,32)(H2,26,28,34);1-5,7H,6H2;2*3H2,1-2H3/t11-,12?,13?,14?,16?;;;/m0.../s1. The normalized spacial score (nSPS) is 19.6. The predicted molar refractivity (Wildman–Crippen MR) is 188 cm³/mol. The van der Waals surface area contributed by atoms with Gasteiger partial charge < -0.3 is 31.3 Å². The van der Waals surface area contributed by atoms with E-state index in [2.05, 4.69) is 48.4 Å². The molecule has 1 saturated heterocycles. The summed E-state index contributed by atoms with van der Waals surface area (Å²) in [7, 11) is 0. The van der Waals surface area contributed by atoms with E-state index in [-0.39, 0.29) is 12.5 Å². The number of hydrogen-bond acceptors (Lipinski definition) is 7. The molecule has 3 rings (SSSR count). The molecule has 0 radical (unpaired) electrons. The molecule has 1 aromatic carbocycles. The van der Waals surface area contributed by atoms with E-state index in [1.165, 1.54) is 17.7 Å². The van der Waals surface area contributed by atoms with E-state index < -0.39 is 77.8 Å². The molecule has 1 saturated carbocycles. The molecule has 5 atom stereocenters. The van der Waals surface area contributed by atoms with Crippen molar-refractivity contribution in [2.24, 2.45) is 23.0 Å². The fourth-order valence-corrected chi connectivity index (χ4v) is 4.93. The number of ketones is 1. The van der Waals surface area contributed by atoms with E-state index in [1.807, 2.05) is 30.3 Å². The van der Waals surface area contributed by atoms with Crippen LogP contribution in [0.4, 0.5) is 13.6 Å². The number of likely N-dealkylation sites (tertiary alicyclic amines) is 1. The summed E-state index contributed by atoms with van der Waals surface area (Å²) in [5.41, 5.74) is 5.38. The smallest absolute Gasteiger partial charge is 0.315 e. The fraction of sp³-hybridized carbons (Fsp3) is 0.667. The number of nitrogens with one attached hydrogen (secondary N) is 3. The molecule has 5 N–H and O–H groups in total. The van der Waals surface area contributed by atoms with Crippen LogP contribution < -0.4 is 21.7 Å². The average molecular weight is 712 g/mol. The molecule has 0 bridgehead atoms. The van der Waals surface area contributed by atoms with Gasteiger partial charge in [0.2, 0.25) is 17.6 Å². The maximum absolute atomic E-state index is 13.5. The van der Waals surface area contributed by atoms with Crippen molar-refractivity contribution in [3.8, 4) is 0 Å². The Bertz CT molecular complexity index is 1220. The largest absolute Gasteiger partial charge is 0.463 e. The minimum Gasteiger partial charge on any atom is -0.463 e. The summed E-state index contributed by atoms with van der Waals surface area (Å²) in [4.78, 5) is 73.5. The van der Waals surface area contributed by atoms with Crippen LogP contribution in [0.1, 0.15) is 100.0 Å². The van der Waals surface area contributed by atoms with E-state index in [0.29, 0.717) is 26.0 Å². The van der Waals surface area contributed by atoms with Crippen molar-refractivity contribution >= 4 is 36.0 Å². The Kier molecular flexibility index (Phi) is 20.7. The molecule has 14 heteroatoms. The minimum absolute atomic E-state index is 0.233. The van der Waals surface area contributed by atoms with Gasteiger partial charge in [-0.3, -0.25) is 24.0 Å². The van der Waals surface area contributed by atoms with Crippen molar-refractivity contribution in [2.75, 3.05) is 13.1 Å². The molecule has 1 aliphatic carbocycles. The molecular formula is C36H59F2N5O7. The second kappa shape index (κ2) is 22.6. The summed E-state index contributed by atoms with van der Waals surface area (Å²) in [6.07, 6.45) is 2.13. The van der Waals surface area contributed by atoms with Crippen molar-refractivity contribution in [3.05, 3.63) is 35.9 Å². The van der Waals surface area contributed by atoms with Crippen LogP contribution >= 0.6 is 0 Å². The SMILES string of the molecule is CCC.CCC.CCNC(=O)NC(C(=O)N1CC[C@H](C)C1C(=O)NC(CC1CC1(F)F)C(=O)C(N)=O)C(C)(C)C.O=COCc1ccccc1. The van der Waals surface area contributed by atoms with Crippen LogP contribution in [0.3, 0.4) is 0 Å². The minimum atomic E-state index is -2.95. The zero-order valence-corrected chi connectivity index (χ0v) is 31.1. The number of nitrogens with zero attached hydrogens (tertiary/aromatic N) is 1. The number of rotatable bonds is 12. The number of amides is 5. The summed E-state index contributed by atoms with van der Waals surface area (Å²) >= 11 is 0. The monoisotopic (exact) mass is 711 g/mol. The Hall–Kier alpha value is -4.10. The zero-order valence-electron chi connectivity index (χ0n) is 31.1. The van der Waals surface area contributed by atoms with Crippen molar-refractivity contribution < 1.29 is 42.3 Å². The number of Topliss-reactive ketones (excluding diaryl/α,β-unsaturated/α-hetero) is 1. The summed E-state index contributed by atoms with van der Waals surface area (Å²) in [6, 6.07) is 5.57. The number of halogens is 2. The maximum Gasteiger partial charge on any atom is 0.315 e. The third-order valence-corrected chi connectivity index (χ3v) is 7.49. The molecule has 50 heavy (non-hydrogen) atoms. The Balaban J connectivity index is 0.00000124. The highest BCUT2D eigenvalue weighted by Crippen LogP contribution is 2.51. The van der Waals surface area contributed by atoms with Crippen LogP contribution in [0.15, 0.2) is 30.3 Å². The number of alkyl halides is 2. The first kappa shape index (κ1) is 45.9. The lowest BCUT2D eigenvalue weighted by atomic mass is 9.85. The molecule has 2 aliphatic rings. The van der Waals surface area contributed by atoms with Crippen molar-refractivity contribution in [2.45, 2.75) is 125 Å². The third kappa shape index (κ3) is 16.1. The van der Waals surface area contributed by atoms with Gasteiger partial charge in [-0.2, -0.15) is 0 Å². The molecule has 284 valence electrons. The van der Waals surface area contributed by atoms with Gasteiger partial charge in [0.1, 0.15) is 18.7 Å². The first-order chi connectivity index (χ1) is 23.4. The van der Waals surface area contributed by atoms with Crippen LogP contribution in [-0.4, -0.2) is 78.0 Å². The molecule has 4 unspecified atom stereocenters. The van der Waals surface area contributed by atoms with Gasteiger partial charge in [0.15, 0.2) is 0 Å². The molecule has 12 nitrogen and oxygen atoms in total. The van der Waals surface area contributed by atoms with Gasteiger partial charge in [-0.25, -0.2) is 13.6 Å². The highest BCUT2D eigenvalue weighted by Gasteiger charge is 2.58. The van der Waals surface area contributed by atoms with Crippen molar-refractivity contribution in [1.82, 2.24) is 20.9 Å². The molecular weight excluding hydrogens is 652 g/mol. The van der Waals surface area contributed by atoms with Gasteiger partial charge in [-0.05, 0) is 36.7 Å². The van der Waals surface area contributed by atoms with Crippen LogP contribution in [-0.2, 0) is 35.3 Å². The topological polar surface area (TPSA) is 177 Å². The van der Waals surface area contributed by atoms with Gasteiger partial charge in [0.25, 0.3) is 18.3 Å². The molecule has 1 heterocycles. The number of primary amides is 1. The number of urea groups is 1. The van der Waals surface area contributed by atoms with E-state index in [1.54, 1.807) is 34.6 Å². The van der Waals surface area contributed by atoms with Gasteiger partial charge >= 0.3 is 6.03 Å². The molecule has 5 amide bonds. The predicted octanol–water partition coefficient (Wildman–Crippen LogP) is 4.73. The molecule has 2 fully saturated rings. The summed E-state index contributed by atoms with van der Waals surface area (Å²) in [5, 5.41) is 7.62. The lowest BCUT2D eigenvalue weighted by Crippen LogP contribution is -2.60. The van der Waals surface area contributed by atoms with Crippen molar-refractivity contribution in [3.63, 3.8) is 0 Å². The first-order valence-electron chi connectivity index (χ1n) is 17.3. The second-order valence-electron chi connectivity index (χ2n) is 13.5. The third-order valence-electron chi connectivity index (χ3n) is 7.49. The Morgan fingerprint density at radius 3 is 2.00 bits per heavy atom. The summed E-state index contributed by atoms with van der Waals surface area (Å²) in [5.74, 6) is -8.09. The Morgan fingerprint density at radius 2 is 1.56 bits per heavy atom. The van der Waals surface area contributed by atoms with Crippen LogP contribution in [0.2, 0.25) is 0 Å². The quantitative estimate of drug-likeness (QED) is 0.179. The number of ether oxygens (including phenoxy) is 1. The van der Waals surface area contributed by atoms with Crippen LogP contribution in [0.5, 0.6) is 0 Å². The molecule has 1 aromatic rings. The molecule has 1 aliphatic heterocycles. The Morgan fingerprint density at radius 1 is 1.02 bits per heavy atom.